The Hall–Kier alpha value is -3.12. The second-order valence-corrected chi connectivity index (χ2v) is 7.62. The summed E-state index contributed by atoms with van der Waals surface area (Å²) in [6.07, 6.45) is 1.78. The number of pyridine rings is 1. The first kappa shape index (κ1) is 18.7. The summed E-state index contributed by atoms with van der Waals surface area (Å²) in [7, 11) is 0. The van der Waals surface area contributed by atoms with Gasteiger partial charge in [0, 0.05) is 22.8 Å². The van der Waals surface area contributed by atoms with E-state index in [1.54, 1.807) is 22.7 Å². The van der Waals surface area contributed by atoms with Gasteiger partial charge in [0.1, 0.15) is 18.2 Å². The SMILES string of the molecule is C[C@H]1CCN(C(=O)Cn2cc([N+](=O)[O-])cc(C#N)c2=O)c2ccccc2S1. The molecule has 1 atom stereocenters. The number of benzene rings is 1. The highest BCUT2D eigenvalue weighted by atomic mass is 32.2. The molecule has 2 aromatic rings. The van der Waals surface area contributed by atoms with Gasteiger partial charge in [-0.2, -0.15) is 5.26 Å². The van der Waals surface area contributed by atoms with E-state index in [0.29, 0.717) is 11.8 Å². The number of fused-ring (bicyclic) bond motifs is 1. The van der Waals surface area contributed by atoms with Crippen LogP contribution in [0.25, 0.3) is 0 Å². The van der Waals surface area contributed by atoms with Crippen molar-refractivity contribution in [3.63, 3.8) is 0 Å². The van der Waals surface area contributed by atoms with Gasteiger partial charge in [0.2, 0.25) is 5.91 Å². The first-order chi connectivity index (χ1) is 12.9. The molecule has 138 valence electrons. The summed E-state index contributed by atoms with van der Waals surface area (Å²) in [5.74, 6) is -0.358. The zero-order valence-electron chi connectivity index (χ0n) is 14.5. The quantitative estimate of drug-likeness (QED) is 0.594. The van der Waals surface area contributed by atoms with Crippen LogP contribution in [0.2, 0.25) is 0 Å². The Labute approximate surface area is 159 Å². The average Bonchev–Trinajstić information content (AvgIpc) is 2.81. The largest absolute Gasteiger partial charge is 0.310 e. The normalized spacial score (nSPS) is 16.1. The van der Waals surface area contributed by atoms with Gasteiger partial charge < -0.3 is 4.90 Å². The number of hydrogen-bond donors (Lipinski definition) is 0. The molecule has 0 radical (unpaired) electrons. The molecule has 0 aliphatic carbocycles. The molecule has 1 aromatic carbocycles. The number of nitrogens with zero attached hydrogens (tertiary/aromatic N) is 4. The molecule has 3 rings (SSSR count). The molecule has 0 saturated carbocycles. The fourth-order valence-electron chi connectivity index (χ4n) is 2.89. The average molecular weight is 384 g/mol. The molecule has 1 aliphatic rings. The summed E-state index contributed by atoms with van der Waals surface area (Å²) in [5.41, 5.74) is -0.727. The lowest BCUT2D eigenvalue weighted by Gasteiger charge is -2.23. The highest BCUT2D eigenvalue weighted by molar-refractivity contribution is 8.00. The molecular weight excluding hydrogens is 368 g/mol. The highest BCUT2D eigenvalue weighted by Gasteiger charge is 2.25. The van der Waals surface area contributed by atoms with Gasteiger partial charge in [-0.15, -0.1) is 11.8 Å². The summed E-state index contributed by atoms with van der Waals surface area (Å²) in [6, 6.07) is 10.1. The smallest absolute Gasteiger partial charge is 0.287 e. The van der Waals surface area contributed by atoms with Crippen molar-refractivity contribution in [1.29, 1.82) is 5.26 Å². The van der Waals surface area contributed by atoms with Crippen molar-refractivity contribution < 1.29 is 9.72 Å². The third-order valence-electron chi connectivity index (χ3n) is 4.25. The van der Waals surface area contributed by atoms with Crippen molar-refractivity contribution in [3.05, 3.63) is 62.6 Å². The van der Waals surface area contributed by atoms with Gasteiger partial charge in [0.15, 0.2) is 0 Å². The molecule has 1 amide bonds. The van der Waals surface area contributed by atoms with E-state index >= 15 is 0 Å². The molecule has 0 unspecified atom stereocenters. The number of carbonyl (C=O) groups excluding carboxylic acids is 1. The fraction of sp³-hybridized carbons (Fsp3) is 0.278. The Kier molecular flexibility index (Phi) is 5.28. The Morgan fingerprint density at radius 1 is 1.44 bits per heavy atom. The molecule has 0 saturated heterocycles. The topological polar surface area (TPSA) is 109 Å². The fourth-order valence-corrected chi connectivity index (χ4v) is 4.01. The molecule has 1 aromatic heterocycles. The highest BCUT2D eigenvalue weighted by Crippen LogP contribution is 2.37. The Morgan fingerprint density at radius 2 is 2.19 bits per heavy atom. The zero-order valence-corrected chi connectivity index (χ0v) is 15.3. The van der Waals surface area contributed by atoms with Crippen LogP contribution in [0.4, 0.5) is 11.4 Å². The third kappa shape index (κ3) is 3.85. The van der Waals surface area contributed by atoms with Crippen LogP contribution in [0.15, 0.2) is 46.2 Å². The van der Waals surface area contributed by atoms with E-state index in [2.05, 4.69) is 6.92 Å². The summed E-state index contributed by atoms with van der Waals surface area (Å²) in [6.45, 7) is 2.20. The number of anilines is 1. The second kappa shape index (κ2) is 7.63. The van der Waals surface area contributed by atoms with Crippen molar-refractivity contribution in [2.75, 3.05) is 11.4 Å². The predicted octanol–water partition coefficient (Wildman–Crippen LogP) is 2.55. The number of nitro groups is 1. The van der Waals surface area contributed by atoms with Gasteiger partial charge in [0.25, 0.3) is 11.2 Å². The van der Waals surface area contributed by atoms with Gasteiger partial charge in [-0.3, -0.25) is 24.3 Å². The number of rotatable bonds is 3. The van der Waals surface area contributed by atoms with Crippen molar-refractivity contribution in [1.82, 2.24) is 4.57 Å². The lowest BCUT2D eigenvalue weighted by Crippen LogP contribution is -2.37. The van der Waals surface area contributed by atoms with Crippen LogP contribution < -0.4 is 10.5 Å². The molecule has 0 fully saturated rings. The van der Waals surface area contributed by atoms with Crippen LogP contribution in [0.5, 0.6) is 0 Å². The first-order valence-electron chi connectivity index (χ1n) is 8.25. The maximum atomic E-state index is 12.9. The van der Waals surface area contributed by atoms with E-state index in [4.69, 9.17) is 5.26 Å². The molecule has 9 heteroatoms. The minimum absolute atomic E-state index is 0.328. The minimum Gasteiger partial charge on any atom is -0.310 e. The summed E-state index contributed by atoms with van der Waals surface area (Å²) in [5, 5.41) is 20.4. The standard InChI is InChI=1S/C18H16N4O4S/c1-12-6-7-21(15-4-2-3-5-16(15)27-12)17(23)11-20-10-14(22(25)26)8-13(9-19)18(20)24/h2-5,8,10,12H,6-7,11H2,1H3/t12-/m0/s1. The van der Waals surface area contributed by atoms with Gasteiger partial charge in [-0.05, 0) is 18.6 Å². The number of thioether (sulfide) groups is 1. The molecule has 8 nitrogen and oxygen atoms in total. The van der Waals surface area contributed by atoms with Gasteiger partial charge in [-0.1, -0.05) is 19.1 Å². The first-order valence-corrected chi connectivity index (χ1v) is 9.13. The number of amides is 1. The number of para-hydroxylation sites is 1. The molecule has 0 bridgehead atoms. The summed E-state index contributed by atoms with van der Waals surface area (Å²) in [4.78, 5) is 38.2. The molecule has 2 heterocycles. The van der Waals surface area contributed by atoms with Crippen LogP contribution in [-0.2, 0) is 11.3 Å². The van der Waals surface area contributed by atoms with Crippen LogP contribution in [0.3, 0.4) is 0 Å². The van der Waals surface area contributed by atoms with Crippen LogP contribution in [0.1, 0.15) is 18.9 Å². The predicted molar refractivity (Wildman–Crippen MR) is 101 cm³/mol. The minimum atomic E-state index is -0.720. The molecule has 0 N–H and O–H groups in total. The lowest BCUT2D eigenvalue weighted by molar-refractivity contribution is -0.385. The van der Waals surface area contributed by atoms with Crippen molar-refractivity contribution >= 4 is 29.0 Å². The number of hydrogen-bond acceptors (Lipinski definition) is 6. The van der Waals surface area contributed by atoms with E-state index in [1.165, 1.54) is 0 Å². The molecular formula is C18H16N4O4S. The summed E-state index contributed by atoms with van der Waals surface area (Å²) >= 11 is 1.68. The van der Waals surface area contributed by atoms with E-state index in [-0.39, 0.29) is 18.0 Å². The number of nitriles is 1. The van der Waals surface area contributed by atoms with Crippen LogP contribution in [-0.4, -0.2) is 27.2 Å². The molecule has 27 heavy (non-hydrogen) atoms. The van der Waals surface area contributed by atoms with Gasteiger partial charge >= 0.3 is 0 Å². The Balaban J connectivity index is 1.97. The van der Waals surface area contributed by atoms with Gasteiger partial charge in [-0.25, -0.2) is 0 Å². The lowest BCUT2D eigenvalue weighted by atomic mass is 10.2. The van der Waals surface area contributed by atoms with E-state index in [0.717, 1.165) is 33.8 Å². The van der Waals surface area contributed by atoms with Crippen molar-refractivity contribution in [2.24, 2.45) is 0 Å². The van der Waals surface area contributed by atoms with Crippen LogP contribution in [0, 0.1) is 21.4 Å². The van der Waals surface area contributed by atoms with Crippen molar-refractivity contribution in [2.45, 2.75) is 30.0 Å². The maximum Gasteiger partial charge on any atom is 0.287 e. The third-order valence-corrected chi connectivity index (χ3v) is 5.49. The molecule has 1 aliphatic heterocycles. The number of carbonyl (C=O) groups is 1. The van der Waals surface area contributed by atoms with Crippen molar-refractivity contribution in [3.8, 4) is 6.07 Å². The van der Waals surface area contributed by atoms with E-state index in [9.17, 15) is 19.7 Å². The monoisotopic (exact) mass is 384 g/mol. The van der Waals surface area contributed by atoms with Gasteiger partial charge in [0.05, 0.1) is 16.8 Å². The summed E-state index contributed by atoms with van der Waals surface area (Å²) < 4.78 is 0.934. The number of aromatic nitrogens is 1. The van der Waals surface area contributed by atoms with E-state index in [1.807, 2.05) is 24.3 Å². The second-order valence-electron chi connectivity index (χ2n) is 6.14. The Morgan fingerprint density at radius 3 is 2.89 bits per heavy atom. The molecule has 0 spiro atoms. The van der Waals surface area contributed by atoms with E-state index < -0.39 is 16.2 Å². The Bertz CT molecular complexity index is 1010. The van der Waals surface area contributed by atoms with Crippen LogP contribution >= 0.6 is 11.8 Å². The maximum absolute atomic E-state index is 12.9. The zero-order chi connectivity index (χ0) is 19.6.